The van der Waals surface area contributed by atoms with Crippen molar-refractivity contribution in [2.45, 2.75) is 37.3 Å². The highest BCUT2D eigenvalue weighted by Gasteiger charge is 2.38. The van der Waals surface area contributed by atoms with E-state index < -0.39 is 5.60 Å². The zero-order valence-corrected chi connectivity index (χ0v) is 11.6. The summed E-state index contributed by atoms with van der Waals surface area (Å²) in [6.07, 6.45) is 3.83. The van der Waals surface area contributed by atoms with Gasteiger partial charge in [0.15, 0.2) is 0 Å². The molecule has 3 rings (SSSR count). The van der Waals surface area contributed by atoms with Gasteiger partial charge in [-0.15, -0.1) is 0 Å². The molecule has 1 aliphatic carbocycles. The molecule has 0 spiro atoms. The van der Waals surface area contributed by atoms with Crippen LogP contribution in [-0.4, -0.2) is 11.1 Å². The lowest BCUT2D eigenvalue weighted by Gasteiger charge is -2.38. The molecular weight excluding hydrogens is 246 g/mol. The van der Waals surface area contributed by atoms with Crippen LogP contribution in [0.5, 0.6) is 0 Å². The SMILES string of the molecule is N[C@@H]1CCCC[C@]1(O)c1ccc(-c2ccccc2)cc1. The fraction of sp³-hybridized carbons (Fsp3) is 0.333. The minimum Gasteiger partial charge on any atom is -0.384 e. The van der Waals surface area contributed by atoms with Crippen LogP contribution in [-0.2, 0) is 5.60 Å². The van der Waals surface area contributed by atoms with Crippen molar-refractivity contribution in [2.24, 2.45) is 5.73 Å². The third kappa shape index (κ3) is 2.37. The molecule has 0 radical (unpaired) electrons. The quantitative estimate of drug-likeness (QED) is 0.875. The molecule has 0 bridgehead atoms. The average Bonchev–Trinajstić information content (AvgIpc) is 2.51. The van der Waals surface area contributed by atoms with Crippen LogP contribution in [0.2, 0.25) is 0 Å². The van der Waals surface area contributed by atoms with Crippen LogP contribution < -0.4 is 5.73 Å². The summed E-state index contributed by atoms with van der Waals surface area (Å²) in [5.41, 5.74) is 8.60. The van der Waals surface area contributed by atoms with E-state index in [0.29, 0.717) is 0 Å². The number of hydrogen-bond acceptors (Lipinski definition) is 2. The van der Waals surface area contributed by atoms with Crippen molar-refractivity contribution in [3.63, 3.8) is 0 Å². The number of aliphatic hydroxyl groups is 1. The molecule has 2 aromatic carbocycles. The van der Waals surface area contributed by atoms with Crippen molar-refractivity contribution in [1.82, 2.24) is 0 Å². The van der Waals surface area contributed by atoms with Gasteiger partial charge in [0.1, 0.15) is 5.60 Å². The Bertz CT molecular complexity index is 564. The molecular formula is C18H21NO. The minimum atomic E-state index is -0.854. The molecule has 0 saturated heterocycles. The van der Waals surface area contributed by atoms with E-state index in [4.69, 9.17) is 5.73 Å². The monoisotopic (exact) mass is 267 g/mol. The molecule has 0 unspecified atom stereocenters. The van der Waals surface area contributed by atoms with Gasteiger partial charge in [-0.2, -0.15) is 0 Å². The maximum atomic E-state index is 10.8. The van der Waals surface area contributed by atoms with Gasteiger partial charge >= 0.3 is 0 Å². The van der Waals surface area contributed by atoms with Crippen molar-refractivity contribution < 1.29 is 5.11 Å². The van der Waals surface area contributed by atoms with Crippen LogP contribution in [0.3, 0.4) is 0 Å². The Balaban J connectivity index is 1.90. The highest BCUT2D eigenvalue weighted by atomic mass is 16.3. The van der Waals surface area contributed by atoms with Gasteiger partial charge in [-0.25, -0.2) is 0 Å². The van der Waals surface area contributed by atoms with E-state index in [2.05, 4.69) is 24.3 Å². The molecule has 104 valence electrons. The fourth-order valence-electron chi connectivity index (χ4n) is 3.12. The summed E-state index contributed by atoms with van der Waals surface area (Å²) in [7, 11) is 0. The molecule has 20 heavy (non-hydrogen) atoms. The second-order valence-corrected chi connectivity index (χ2v) is 5.72. The van der Waals surface area contributed by atoms with E-state index in [-0.39, 0.29) is 6.04 Å². The Morgan fingerprint density at radius 2 is 1.55 bits per heavy atom. The standard InChI is InChI=1S/C18H21NO/c19-17-8-4-5-13-18(17,20)16-11-9-15(10-12-16)14-6-2-1-3-7-14/h1-3,6-7,9-12,17,20H,4-5,8,13,19H2/t17-,18+/m1/s1. The first-order valence-electron chi connectivity index (χ1n) is 7.34. The average molecular weight is 267 g/mol. The van der Waals surface area contributed by atoms with E-state index >= 15 is 0 Å². The van der Waals surface area contributed by atoms with E-state index in [0.717, 1.165) is 31.2 Å². The molecule has 3 N–H and O–H groups in total. The molecule has 2 heteroatoms. The van der Waals surface area contributed by atoms with E-state index in [9.17, 15) is 5.11 Å². The molecule has 2 atom stereocenters. The highest BCUT2D eigenvalue weighted by Crippen LogP contribution is 2.36. The number of hydrogen-bond donors (Lipinski definition) is 2. The van der Waals surface area contributed by atoms with Crippen molar-refractivity contribution in [3.05, 3.63) is 60.2 Å². The fourth-order valence-corrected chi connectivity index (χ4v) is 3.12. The first kappa shape index (κ1) is 13.3. The van der Waals surface area contributed by atoms with Crippen LogP contribution in [0.25, 0.3) is 11.1 Å². The summed E-state index contributed by atoms with van der Waals surface area (Å²) < 4.78 is 0. The van der Waals surface area contributed by atoms with Crippen molar-refractivity contribution in [3.8, 4) is 11.1 Å². The Labute approximate surface area is 120 Å². The zero-order valence-electron chi connectivity index (χ0n) is 11.6. The van der Waals surface area contributed by atoms with E-state index in [1.807, 2.05) is 30.3 Å². The summed E-state index contributed by atoms with van der Waals surface area (Å²) in [6, 6.07) is 18.3. The van der Waals surface area contributed by atoms with Crippen LogP contribution >= 0.6 is 0 Å². The lowest BCUT2D eigenvalue weighted by Crippen LogP contribution is -2.47. The van der Waals surface area contributed by atoms with E-state index in [1.54, 1.807) is 0 Å². The number of benzene rings is 2. The van der Waals surface area contributed by atoms with Gasteiger partial charge in [-0.3, -0.25) is 0 Å². The summed E-state index contributed by atoms with van der Waals surface area (Å²) in [5.74, 6) is 0. The first-order chi connectivity index (χ1) is 9.70. The van der Waals surface area contributed by atoms with Crippen molar-refractivity contribution >= 4 is 0 Å². The first-order valence-corrected chi connectivity index (χ1v) is 7.34. The third-order valence-electron chi connectivity index (χ3n) is 4.43. The predicted octanol–water partition coefficient (Wildman–Crippen LogP) is 3.44. The van der Waals surface area contributed by atoms with Crippen LogP contribution in [0.15, 0.2) is 54.6 Å². The van der Waals surface area contributed by atoms with Gasteiger partial charge in [0, 0.05) is 6.04 Å². The van der Waals surface area contributed by atoms with Gasteiger partial charge in [-0.05, 0) is 29.5 Å². The second-order valence-electron chi connectivity index (χ2n) is 5.72. The van der Waals surface area contributed by atoms with Gasteiger partial charge in [0.05, 0.1) is 0 Å². The summed E-state index contributed by atoms with van der Waals surface area (Å²) >= 11 is 0. The molecule has 1 aliphatic rings. The van der Waals surface area contributed by atoms with Crippen LogP contribution in [0.1, 0.15) is 31.2 Å². The van der Waals surface area contributed by atoms with Crippen LogP contribution in [0, 0.1) is 0 Å². The number of nitrogens with two attached hydrogens (primary N) is 1. The van der Waals surface area contributed by atoms with Gasteiger partial charge in [-0.1, -0.05) is 67.4 Å². The maximum absolute atomic E-state index is 10.8. The van der Waals surface area contributed by atoms with Gasteiger partial charge < -0.3 is 10.8 Å². The largest absolute Gasteiger partial charge is 0.384 e. The third-order valence-corrected chi connectivity index (χ3v) is 4.43. The predicted molar refractivity (Wildman–Crippen MR) is 82.2 cm³/mol. The number of rotatable bonds is 2. The lowest BCUT2D eigenvalue weighted by molar-refractivity contribution is -0.0193. The van der Waals surface area contributed by atoms with Crippen molar-refractivity contribution in [1.29, 1.82) is 0 Å². The molecule has 0 heterocycles. The molecule has 2 nitrogen and oxygen atoms in total. The van der Waals surface area contributed by atoms with Crippen molar-refractivity contribution in [2.75, 3.05) is 0 Å². The lowest BCUT2D eigenvalue weighted by atomic mass is 9.76. The minimum absolute atomic E-state index is 0.154. The molecule has 0 aliphatic heterocycles. The van der Waals surface area contributed by atoms with Crippen LogP contribution in [0.4, 0.5) is 0 Å². The Morgan fingerprint density at radius 3 is 2.20 bits per heavy atom. The van der Waals surface area contributed by atoms with Gasteiger partial charge in [0.2, 0.25) is 0 Å². The Kier molecular flexibility index (Phi) is 3.60. The summed E-state index contributed by atoms with van der Waals surface area (Å²) in [6.45, 7) is 0. The normalized spacial score (nSPS) is 26.4. The zero-order chi connectivity index (χ0) is 14.0. The Hall–Kier alpha value is -1.64. The highest BCUT2D eigenvalue weighted by molar-refractivity contribution is 5.63. The molecule has 0 aromatic heterocycles. The summed E-state index contributed by atoms with van der Waals surface area (Å²) in [4.78, 5) is 0. The molecule has 1 fully saturated rings. The topological polar surface area (TPSA) is 46.2 Å². The smallest absolute Gasteiger partial charge is 0.105 e. The molecule has 2 aromatic rings. The Morgan fingerprint density at radius 1 is 0.900 bits per heavy atom. The second kappa shape index (κ2) is 5.39. The van der Waals surface area contributed by atoms with E-state index in [1.165, 1.54) is 11.1 Å². The maximum Gasteiger partial charge on any atom is 0.105 e. The summed E-state index contributed by atoms with van der Waals surface area (Å²) in [5, 5.41) is 10.8. The van der Waals surface area contributed by atoms with Gasteiger partial charge in [0.25, 0.3) is 0 Å². The molecule has 0 amide bonds. The molecule has 1 saturated carbocycles.